The summed E-state index contributed by atoms with van der Waals surface area (Å²) in [4.78, 5) is 0. The predicted molar refractivity (Wildman–Crippen MR) is 64.6 cm³/mol. The molecule has 0 heterocycles. The molecule has 0 saturated heterocycles. The average Bonchev–Trinajstić information content (AvgIpc) is 2.22. The number of methoxy groups -OCH3 is 1. The summed E-state index contributed by atoms with van der Waals surface area (Å²) in [5.41, 5.74) is 7.02. The molecule has 84 valence electrons. The van der Waals surface area contributed by atoms with E-state index in [1.807, 2.05) is 19.1 Å². The van der Waals surface area contributed by atoms with Crippen LogP contribution in [-0.2, 0) is 11.2 Å². The topological polar surface area (TPSA) is 35.2 Å². The maximum atomic E-state index is 5.95. The molecule has 0 aromatic heterocycles. The quantitative estimate of drug-likeness (QED) is 0.889. The molecule has 1 aromatic carbocycles. The Bertz CT molecular complexity index is 330. The first-order valence-corrected chi connectivity index (χ1v) is 5.52. The van der Waals surface area contributed by atoms with Gasteiger partial charge in [-0.25, -0.2) is 0 Å². The van der Waals surface area contributed by atoms with Gasteiger partial charge in [0.1, 0.15) is 0 Å². The van der Waals surface area contributed by atoms with Crippen LogP contribution in [-0.4, -0.2) is 19.3 Å². The summed E-state index contributed by atoms with van der Waals surface area (Å²) in [5, 5.41) is 1.13. The normalized spacial score (nSPS) is 15.0. The fourth-order valence-electron chi connectivity index (χ4n) is 1.28. The van der Waals surface area contributed by atoms with Crippen molar-refractivity contribution in [1.82, 2.24) is 0 Å². The average molecular weight is 248 g/mol. The maximum Gasteiger partial charge on any atom is 0.0697 e. The molecule has 1 aromatic rings. The van der Waals surface area contributed by atoms with Gasteiger partial charge in [0.15, 0.2) is 0 Å². The second-order valence-electron chi connectivity index (χ2n) is 3.56. The van der Waals surface area contributed by atoms with Gasteiger partial charge in [-0.05, 0) is 31.0 Å². The Labute approximate surface area is 100 Å². The minimum Gasteiger partial charge on any atom is -0.380 e. The highest BCUT2D eigenvalue weighted by atomic mass is 35.5. The summed E-state index contributed by atoms with van der Waals surface area (Å²) < 4.78 is 5.15. The van der Waals surface area contributed by atoms with E-state index in [2.05, 4.69) is 0 Å². The van der Waals surface area contributed by atoms with Gasteiger partial charge in [0.2, 0.25) is 0 Å². The first kappa shape index (κ1) is 12.8. The van der Waals surface area contributed by atoms with Gasteiger partial charge in [0.25, 0.3) is 0 Å². The molecular weight excluding hydrogens is 233 g/mol. The molecule has 0 saturated carbocycles. The summed E-state index contributed by atoms with van der Waals surface area (Å²) >= 11 is 11.7. The highest BCUT2D eigenvalue weighted by Gasteiger charge is 2.12. The van der Waals surface area contributed by atoms with Crippen molar-refractivity contribution < 1.29 is 4.74 Å². The van der Waals surface area contributed by atoms with E-state index in [-0.39, 0.29) is 12.1 Å². The molecule has 0 bridgehead atoms. The number of nitrogens with two attached hydrogens (primary N) is 1. The Morgan fingerprint density at radius 3 is 2.53 bits per heavy atom. The van der Waals surface area contributed by atoms with E-state index in [4.69, 9.17) is 33.7 Å². The van der Waals surface area contributed by atoms with Crippen LogP contribution in [0, 0.1) is 0 Å². The third-order valence-corrected chi connectivity index (χ3v) is 3.17. The second kappa shape index (κ2) is 5.71. The zero-order chi connectivity index (χ0) is 11.4. The van der Waals surface area contributed by atoms with Crippen LogP contribution in [0.25, 0.3) is 0 Å². The van der Waals surface area contributed by atoms with E-state index >= 15 is 0 Å². The fraction of sp³-hybridized carbons (Fsp3) is 0.455. The van der Waals surface area contributed by atoms with Crippen molar-refractivity contribution >= 4 is 23.2 Å². The van der Waals surface area contributed by atoms with Gasteiger partial charge in [-0.3, -0.25) is 0 Å². The molecular formula is C11H15Cl2NO. The molecule has 2 N–H and O–H groups in total. The first-order chi connectivity index (χ1) is 7.04. The lowest BCUT2D eigenvalue weighted by Crippen LogP contribution is -2.35. The number of benzene rings is 1. The van der Waals surface area contributed by atoms with E-state index in [0.29, 0.717) is 10.0 Å². The smallest absolute Gasteiger partial charge is 0.0697 e. The van der Waals surface area contributed by atoms with Gasteiger partial charge in [0, 0.05) is 13.2 Å². The van der Waals surface area contributed by atoms with Crippen LogP contribution in [0.3, 0.4) is 0 Å². The second-order valence-corrected chi connectivity index (χ2v) is 4.37. The van der Waals surface area contributed by atoms with E-state index in [1.54, 1.807) is 13.2 Å². The largest absolute Gasteiger partial charge is 0.380 e. The summed E-state index contributed by atoms with van der Waals surface area (Å²) in [7, 11) is 1.65. The van der Waals surface area contributed by atoms with Crippen LogP contribution in [0.2, 0.25) is 10.0 Å². The van der Waals surface area contributed by atoms with Crippen molar-refractivity contribution in [3.05, 3.63) is 33.8 Å². The molecule has 0 aliphatic carbocycles. The maximum absolute atomic E-state index is 5.95. The van der Waals surface area contributed by atoms with Gasteiger partial charge in [-0.15, -0.1) is 0 Å². The van der Waals surface area contributed by atoms with E-state index in [9.17, 15) is 0 Å². The van der Waals surface area contributed by atoms with Gasteiger partial charge >= 0.3 is 0 Å². The summed E-state index contributed by atoms with van der Waals surface area (Å²) in [6, 6.07) is 5.51. The Kier molecular flexibility index (Phi) is 4.87. The lowest BCUT2D eigenvalue weighted by Gasteiger charge is -2.18. The number of ether oxygens (including phenoxy) is 1. The van der Waals surface area contributed by atoms with Crippen LogP contribution in [0.4, 0.5) is 0 Å². The molecule has 15 heavy (non-hydrogen) atoms. The van der Waals surface area contributed by atoms with E-state index in [1.165, 1.54) is 0 Å². The van der Waals surface area contributed by atoms with Crippen molar-refractivity contribution in [3.8, 4) is 0 Å². The van der Waals surface area contributed by atoms with E-state index < -0.39 is 0 Å². The molecule has 0 spiro atoms. The molecule has 2 unspecified atom stereocenters. The van der Waals surface area contributed by atoms with Crippen LogP contribution in [0.15, 0.2) is 18.2 Å². The van der Waals surface area contributed by atoms with Gasteiger partial charge in [0.05, 0.1) is 16.1 Å². The molecule has 2 nitrogen and oxygen atoms in total. The van der Waals surface area contributed by atoms with E-state index in [0.717, 1.165) is 12.0 Å². The minimum atomic E-state index is -0.0350. The zero-order valence-electron chi connectivity index (χ0n) is 8.84. The third kappa shape index (κ3) is 3.65. The van der Waals surface area contributed by atoms with Crippen molar-refractivity contribution in [3.63, 3.8) is 0 Å². The lowest BCUT2D eigenvalue weighted by molar-refractivity contribution is 0.0956. The number of hydrogen-bond acceptors (Lipinski definition) is 2. The molecule has 0 fully saturated rings. The highest BCUT2D eigenvalue weighted by Crippen LogP contribution is 2.23. The molecule has 4 heteroatoms. The molecule has 0 radical (unpaired) electrons. The Morgan fingerprint density at radius 1 is 1.33 bits per heavy atom. The fourth-order valence-corrected chi connectivity index (χ4v) is 1.60. The monoisotopic (exact) mass is 247 g/mol. The number of halogens is 2. The van der Waals surface area contributed by atoms with Gasteiger partial charge in [-0.2, -0.15) is 0 Å². The summed E-state index contributed by atoms with van der Waals surface area (Å²) in [5.74, 6) is 0. The highest BCUT2D eigenvalue weighted by molar-refractivity contribution is 6.42. The Hall–Kier alpha value is -0.280. The van der Waals surface area contributed by atoms with Gasteiger partial charge in [-0.1, -0.05) is 29.3 Å². The van der Waals surface area contributed by atoms with Crippen LogP contribution < -0.4 is 5.73 Å². The Morgan fingerprint density at radius 2 is 2.00 bits per heavy atom. The summed E-state index contributed by atoms with van der Waals surface area (Å²) in [6.07, 6.45) is 0.755. The first-order valence-electron chi connectivity index (χ1n) is 4.77. The number of rotatable bonds is 4. The molecule has 2 atom stereocenters. The lowest BCUT2D eigenvalue weighted by atomic mass is 10.0. The van der Waals surface area contributed by atoms with Gasteiger partial charge < -0.3 is 10.5 Å². The standard InChI is InChI=1S/C11H15Cl2NO/c1-7(15-2)11(14)6-8-3-4-9(12)10(13)5-8/h3-5,7,11H,6,14H2,1-2H3. The molecule has 0 amide bonds. The van der Waals surface area contributed by atoms with Crippen molar-refractivity contribution in [1.29, 1.82) is 0 Å². The summed E-state index contributed by atoms with van der Waals surface area (Å²) in [6.45, 7) is 1.95. The molecule has 1 rings (SSSR count). The van der Waals surface area contributed by atoms with Crippen molar-refractivity contribution in [2.24, 2.45) is 5.73 Å². The zero-order valence-corrected chi connectivity index (χ0v) is 10.3. The minimum absolute atomic E-state index is 0.0273. The SMILES string of the molecule is COC(C)C(N)Cc1ccc(Cl)c(Cl)c1. The van der Waals surface area contributed by atoms with Crippen LogP contribution >= 0.6 is 23.2 Å². The van der Waals surface area contributed by atoms with Crippen LogP contribution in [0.5, 0.6) is 0 Å². The number of hydrogen-bond donors (Lipinski definition) is 1. The van der Waals surface area contributed by atoms with Crippen LogP contribution in [0.1, 0.15) is 12.5 Å². The van der Waals surface area contributed by atoms with Crippen molar-refractivity contribution in [2.45, 2.75) is 25.5 Å². The predicted octanol–water partition coefficient (Wildman–Crippen LogP) is 2.90. The molecule has 0 aliphatic heterocycles. The Balaban J connectivity index is 2.68. The third-order valence-electron chi connectivity index (χ3n) is 2.43. The van der Waals surface area contributed by atoms with Crippen molar-refractivity contribution in [2.75, 3.05) is 7.11 Å². The molecule has 0 aliphatic rings.